The number of benzene rings is 1. The van der Waals surface area contributed by atoms with Crippen LogP contribution < -0.4 is 10.5 Å². The van der Waals surface area contributed by atoms with Gasteiger partial charge in [0, 0.05) is 24.5 Å². The van der Waals surface area contributed by atoms with Crippen LogP contribution in [0.4, 0.5) is 0 Å². The summed E-state index contributed by atoms with van der Waals surface area (Å²) in [5.41, 5.74) is 7.57. The Labute approximate surface area is 94.9 Å². The molecule has 0 bridgehead atoms. The van der Waals surface area contributed by atoms with Gasteiger partial charge in [0.2, 0.25) is 0 Å². The standard InChI is InChI=1S/C13H14N2O/c1-10-7-13(5-6-15-10)16-12-4-2-3-11(8-12)9-14/h2-8H,9,14H2,1H3. The van der Waals surface area contributed by atoms with Crippen molar-refractivity contribution in [2.24, 2.45) is 5.73 Å². The predicted molar refractivity (Wildman–Crippen MR) is 63.4 cm³/mol. The Kier molecular flexibility index (Phi) is 3.17. The van der Waals surface area contributed by atoms with Crippen LogP contribution in [0.25, 0.3) is 0 Å². The average Bonchev–Trinajstić information content (AvgIpc) is 2.29. The van der Waals surface area contributed by atoms with Gasteiger partial charge in [-0.2, -0.15) is 0 Å². The van der Waals surface area contributed by atoms with Gasteiger partial charge in [0.25, 0.3) is 0 Å². The van der Waals surface area contributed by atoms with Crippen molar-refractivity contribution in [3.8, 4) is 11.5 Å². The van der Waals surface area contributed by atoms with Crippen molar-refractivity contribution in [2.75, 3.05) is 0 Å². The number of pyridine rings is 1. The Hall–Kier alpha value is -1.87. The van der Waals surface area contributed by atoms with Gasteiger partial charge in [-0.05, 0) is 30.7 Å². The van der Waals surface area contributed by atoms with Crippen LogP contribution in [0.2, 0.25) is 0 Å². The number of hydrogen-bond acceptors (Lipinski definition) is 3. The first kappa shape index (κ1) is 10.6. The van der Waals surface area contributed by atoms with Crippen molar-refractivity contribution in [2.45, 2.75) is 13.5 Å². The molecule has 0 spiro atoms. The molecule has 1 aromatic heterocycles. The quantitative estimate of drug-likeness (QED) is 0.854. The van der Waals surface area contributed by atoms with E-state index in [1.165, 1.54) is 0 Å². The minimum absolute atomic E-state index is 0.520. The van der Waals surface area contributed by atoms with Gasteiger partial charge in [-0.3, -0.25) is 4.98 Å². The van der Waals surface area contributed by atoms with Crippen molar-refractivity contribution in [3.63, 3.8) is 0 Å². The van der Waals surface area contributed by atoms with Crippen LogP contribution in [-0.4, -0.2) is 4.98 Å². The molecule has 0 aliphatic heterocycles. The lowest BCUT2D eigenvalue weighted by Crippen LogP contribution is -1.96. The highest BCUT2D eigenvalue weighted by atomic mass is 16.5. The van der Waals surface area contributed by atoms with Crippen LogP contribution >= 0.6 is 0 Å². The summed E-state index contributed by atoms with van der Waals surface area (Å²) in [6.45, 7) is 2.45. The summed E-state index contributed by atoms with van der Waals surface area (Å²) in [5, 5.41) is 0. The second kappa shape index (κ2) is 4.77. The van der Waals surface area contributed by atoms with Crippen molar-refractivity contribution >= 4 is 0 Å². The Bertz CT molecular complexity index is 483. The third-order valence-corrected chi connectivity index (χ3v) is 2.24. The predicted octanol–water partition coefficient (Wildman–Crippen LogP) is 2.64. The van der Waals surface area contributed by atoms with Crippen LogP contribution in [0.5, 0.6) is 11.5 Å². The van der Waals surface area contributed by atoms with Gasteiger partial charge >= 0.3 is 0 Å². The Morgan fingerprint density at radius 1 is 1.19 bits per heavy atom. The summed E-state index contributed by atoms with van der Waals surface area (Å²) in [5.74, 6) is 1.59. The molecule has 0 aliphatic rings. The van der Waals surface area contributed by atoms with Gasteiger partial charge in [-0.1, -0.05) is 12.1 Å². The van der Waals surface area contributed by atoms with Crippen molar-refractivity contribution in [1.82, 2.24) is 4.98 Å². The molecule has 2 N–H and O–H groups in total. The molecule has 1 aromatic carbocycles. The molecule has 0 unspecified atom stereocenters. The molecule has 0 atom stereocenters. The second-order valence-electron chi connectivity index (χ2n) is 3.59. The number of nitrogens with two attached hydrogens (primary N) is 1. The van der Waals surface area contributed by atoms with Crippen LogP contribution in [0.15, 0.2) is 42.6 Å². The smallest absolute Gasteiger partial charge is 0.130 e. The van der Waals surface area contributed by atoms with E-state index in [1.807, 2.05) is 43.3 Å². The van der Waals surface area contributed by atoms with E-state index in [9.17, 15) is 0 Å². The minimum atomic E-state index is 0.520. The van der Waals surface area contributed by atoms with Gasteiger partial charge in [0.05, 0.1) is 0 Å². The molecular weight excluding hydrogens is 200 g/mol. The molecule has 3 nitrogen and oxygen atoms in total. The van der Waals surface area contributed by atoms with Gasteiger partial charge < -0.3 is 10.5 Å². The highest BCUT2D eigenvalue weighted by Gasteiger charge is 1.98. The largest absolute Gasteiger partial charge is 0.457 e. The average molecular weight is 214 g/mol. The maximum atomic E-state index is 5.71. The Balaban J connectivity index is 2.20. The fraction of sp³-hybridized carbons (Fsp3) is 0.154. The number of aromatic nitrogens is 1. The summed E-state index contributed by atoms with van der Waals surface area (Å²) < 4.78 is 5.71. The zero-order valence-corrected chi connectivity index (χ0v) is 9.18. The highest BCUT2D eigenvalue weighted by Crippen LogP contribution is 2.21. The summed E-state index contributed by atoms with van der Waals surface area (Å²) in [7, 11) is 0. The molecule has 0 saturated carbocycles. The SMILES string of the molecule is Cc1cc(Oc2cccc(CN)c2)ccn1. The molecule has 2 rings (SSSR count). The third-order valence-electron chi connectivity index (χ3n) is 2.24. The van der Waals surface area contributed by atoms with Crippen LogP contribution in [-0.2, 0) is 6.54 Å². The summed E-state index contributed by atoms with van der Waals surface area (Å²) >= 11 is 0. The van der Waals surface area contributed by atoms with Gasteiger partial charge in [-0.15, -0.1) is 0 Å². The molecule has 1 heterocycles. The Morgan fingerprint density at radius 3 is 2.75 bits per heavy atom. The third kappa shape index (κ3) is 2.58. The maximum absolute atomic E-state index is 5.71. The second-order valence-corrected chi connectivity index (χ2v) is 3.59. The van der Waals surface area contributed by atoms with E-state index in [1.54, 1.807) is 6.20 Å². The van der Waals surface area contributed by atoms with Gasteiger partial charge in [0.1, 0.15) is 11.5 Å². The molecule has 0 fully saturated rings. The highest BCUT2D eigenvalue weighted by molar-refractivity contribution is 5.33. The first-order valence-corrected chi connectivity index (χ1v) is 5.17. The fourth-order valence-corrected chi connectivity index (χ4v) is 1.46. The Morgan fingerprint density at radius 2 is 2.00 bits per heavy atom. The lowest BCUT2D eigenvalue weighted by molar-refractivity contribution is 0.480. The van der Waals surface area contributed by atoms with Gasteiger partial charge in [0.15, 0.2) is 0 Å². The minimum Gasteiger partial charge on any atom is -0.457 e. The van der Waals surface area contributed by atoms with E-state index in [0.29, 0.717) is 6.54 Å². The molecule has 82 valence electrons. The summed E-state index contributed by atoms with van der Waals surface area (Å²) in [6.07, 6.45) is 1.73. The first-order chi connectivity index (χ1) is 7.78. The summed E-state index contributed by atoms with van der Waals surface area (Å²) in [4.78, 5) is 4.12. The lowest BCUT2D eigenvalue weighted by Gasteiger charge is -2.07. The molecule has 3 heteroatoms. The molecule has 2 aromatic rings. The molecule has 0 radical (unpaired) electrons. The number of nitrogens with zero attached hydrogens (tertiary/aromatic N) is 1. The van der Waals surface area contributed by atoms with E-state index >= 15 is 0 Å². The topological polar surface area (TPSA) is 48.1 Å². The lowest BCUT2D eigenvalue weighted by atomic mass is 10.2. The number of ether oxygens (including phenoxy) is 1. The normalized spacial score (nSPS) is 10.1. The molecular formula is C13H14N2O. The van der Waals surface area contributed by atoms with E-state index in [-0.39, 0.29) is 0 Å². The van der Waals surface area contributed by atoms with Crippen molar-refractivity contribution in [3.05, 3.63) is 53.9 Å². The van der Waals surface area contributed by atoms with Crippen LogP contribution in [0.3, 0.4) is 0 Å². The van der Waals surface area contributed by atoms with E-state index in [4.69, 9.17) is 10.5 Å². The maximum Gasteiger partial charge on any atom is 0.130 e. The first-order valence-electron chi connectivity index (χ1n) is 5.17. The number of rotatable bonds is 3. The summed E-state index contributed by atoms with van der Waals surface area (Å²) in [6, 6.07) is 11.5. The van der Waals surface area contributed by atoms with Crippen LogP contribution in [0, 0.1) is 6.92 Å². The van der Waals surface area contributed by atoms with E-state index < -0.39 is 0 Å². The van der Waals surface area contributed by atoms with Crippen molar-refractivity contribution < 1.29 is 4.74 Å². The fourth-order valence-electron chi connectivity index (χ4n) is 1.46. The van der Waals surface area contributed by atoms with E-state index in [2.05, 4.69) is 4.98 Å². The number of hydrogen-bond donors (Lipinski definition) is 1. The molecule has 0 amide bonds. The number of aryl methyl sites for hydroxylation is 1. The van der Waals surface area contributed by atoms with Crippen molar-refractivity contribution in [1.29, 1.82) is 0 Å². The zero-order chi connectivity index (χ0) is 11.4. The monoisotopic (exact) mass is 214 g/mol. The van der Waals surface area contributed by atoms with Gasteiger partial charge in [-0.25, -0.2) is 0 Å². The van der Waals surface area contributed by atoms with Crippen LogP contribution in [0.1, 0.15) is 11.3 Å². The molecule has 16 heavy (non-hydrogen) atoms. The molecule has 0 aliphatic carbocycles. The zero-order valence-electron chi connectivity index (χ0n) is 9.18. The van der Waals surface area contributed by atoms with E-state index in [0.717, 1.165) is 22.8 Å². The molecule has 0 saturated heterocycles.